The summed E-state index contributed by atoms with van der Waals surface area (Å²) in [6.45, 7) is 0. The largest absolute Gasteiger partial charge is 0.368 e. The van der Waals surface area contributed by atoms with E-state index in [0.717, 1.165) is 30.5 Å². The van der Waals surface area contributed by atoms with Crippen LogP contribution >= 0.6 is 0 Å². The smallest absolute Gasteiger partial charge is 0.220 e. The lowest BCUT2D eigenvalue weighted by Gasteiger charge is -2.04. The Kier molecular flexibility index (Phi) is 1.92. The first-order chi connectivity index (χ1) is 7.75. The SMILES string of the molecule is Cn1ncc2c1CCCc1cnc(N)nc1-2. The second kappa shape index (κ2) is 3.30. The third kappa shape index (κ3) is 1.28. The molecule has 1 aliphatic rings. The minimum absolute atomic E-state index is 0.329. The molecule has 0 aromatic carbocycles. The van der Waals surface area contributed by atoms with Crippen LogP contribution in [-0.4, -0.2) is 19.7 Å². The zero-order valence-corrected chi connectivity index (χ0v) is 9.14. The van der Waals surface area contributed by atoms with Gasteiger partial charge in [0.05, 0.1) is 11.9 Å². The maximum absolute atomic E-state index is 5.65. The topological polar surface area (TPSA) is 69.6 Å². The number of aryl methyl sites for hydroxylation is 2. The molecule has 0 saturated heterocycles. The van der Waals surface area contributed by atoms with Gasteiger partial charge in [-0.1, -0.05) is 0 Å². The van der Waals surface area contributed by atoms with E-state index in [4.69, 9.17) is 5.73 Å². The number of hydrogen-bond acceptors (Lipinski definition) is 4. The minimum Gasteiger partial charge on any atom is -0.368 e. The van der Waals surface area contributed by atoms with E-state index in [2.05, 4.69) is 15.1 Å². The van der Waals surface area contributed by atoms with Gasteiger partial charge in [-0.2, -0.15) is 5.10 Å². The monoisotopic (exact) mass is 215 g/mol. The Morgan fingerprint density at radius 1 is 1.31 bits per heavy atom. The average molecular weight is 215 g/mol. The Balaban J connectivity index is 2.28. The molecule has 5 nitrogen and oxygen atoms in total. The Labute approximate surface area is 93.3 Å². The highest BCUT2D eigenvalue weighted by atomic mass is 15.3. The summed E-state index contributed by atoms with van der Waals surface area (Å²) < 4.78 is 1.92. The maximum atomic E-state index is 5.65. The number of aromatic nitrogens is 4. The van der Waals surface area contributed by atoms with Crippen molar-refractivity contribution in [1.29, 1.82) is 0 Å². The van der Waals surface area contributed by atoms with Crippen LogP contribution in [0.4, 0.5) is 5.95 Å². The van der Waals surface area contributed by atoms with E-state index in [0.29, 0.717) is 5.95 Å². The van der Waals surface area contributed by atoms with Crippen molar-refractivity contribution < 1.29 is 0 Å². The van der Waals surface area contributed by atoms with Gasteiger partial charge in [0.15, 0.2) is 0 Å². The summed E-state index contributed by atoms with van der Waals surface area (Å²) in [4.78, 5) is 8.40. The fourth-order valence-corrected chi connectivity index (χ4v) is 2.24. The van der Waals surface area contributed by atoms with E-state index in [9.17, 15) is 0 Å². The third-order valence-corrected chi connectivity index (χ3v) is 3.06. The van der Waals surface area contributed by atoms with Gasteiger partial charge in [-0.15, -0.1) is 0 Å². The van der Waals surface area contributed by atoms with Crippen LogP contribution in [0.2, 0.25) is 0 Å². The highest BCUT2D eigenvalue weighted by molar-refractivity contribution is 5.66. The molecule has 0 unspecified atom stereocenters. The second-order valence-corrected chi connectivity index (χ2v) is 4.08. The van der Waals surface area contributed by atoms with Crippen molar-refractivity contribution in [2.75, 3.05) is 5.73 Å². The van der Waals surface area contributed by atoms with Crippen molar-refractivity contribution in [3.8, 4) is 11.3 Å². The van der Waals surface area contributed by atoms with Crippen molar-refractivity contribution in [3.63, 3.8) is 0 Å². The zero-order valence-electron chi connectivity index (χ0n) is 9.14. The standard InChI is InChI=1S/C11H13N5/c1-16-9-4-2-3-7-5-13-11(12)15-10(7)8(9)6-14-16/h5-6H,2-4H2,1H3,(H2,12,13,15). The molecule has 0 saturated carbocycles. The van der Waals surface area contributed by atoms with E-state index in [-0.39, 0.29) is 0 Å². The van der Waals surface area contributed by atoms with Gasteiger partial charge in [0.2, 0.25) is 5.95 Å². The van der Waals surface area contributed by atoms with Gasteiger partial charge in [-0.3, -0.25) is 4.68 Å². The van der Waals surface area contributed by atoms with Crippen LogP contribution in [-0.2, 0) is 19.9 Å². The molecule has 0 bridgehead atoms. The highest BCUT2D eigenvalue weighted by Gasteiger charge is 2.19. The number of rotatable bonds is 0. The number of anilines is 1. The quantitative estimate of drug-likeness (QED) is 0.710. The molecule has 0 spiro atoms. The van der Waals surface area contributed by atoms with E-state index in [1.165, 1.54) is 11.3 Å². The average Bonchev–Trinajstić information content (AvgIpc) is 2.54. The summed E-state index contributed by atoms with van der Waals surface area (Å²) in [5.41, 5.74) is 10.1. The van der Waals surface area contributed by atoms with Gasteiger partial charge in [-0.25, -0.2) is 9.97 Å². The van der Waals surface area contributed by atoms with Gasteiger partial charge in [-0.05, 0) is 24.8 Å². The van der Waals surface area contributed by atoms with Gasteiger partial charge in [0, 0.05) is 24.5 Å². The fourth-order valence-electron chi connectivity index (χ4n) is 2.24. The van der Waals surface area contributed by atoms with Gasteiger partial charge in [0.1, 0.15) is 0 Å². The van der Waals surface area contributed by atoms with Gasteiger partial charge >= 0.3 is 0 Å². The number of nitrogens with zero attached hydrogens (tertiary/aromatic N) is 4. The van der Waals surface area contributed by atoms with Gasteiger partial charge < -0.3 is 5.73 Å². The first-order valence-corrected chi connectivity index (χ1v) is 5.38. The summed E-state index contributed by atoms with van der Waals surface area (Å²) in [7, 11) is 1.97. The lowest BCUT2D eigenvalue weighted by atomic mass is 10.1. The number of hydrogen-bond donors (Lipinski definition) is 1. The normalized spacial score (nSPS) is 14.1. The molecule has 0 aliphatic heterocycles. The molecular weight excluding hydrogens is 202 g/mol. The summed E-state index contributed by atoms with van der Waals surface area (Å²) in [6.07, 6.45) is 6.84. The first kappa shape index (κ1) is 9.33. The van der Waals surface area contributed by atoms with Crippen LogP contribution in [0.25, 0.3) is 11.3 Å². The van der Waals surface area contributed by atoms with E-state index in [1.807, 2.05) is 24.1 Å². The Hall–Kier alpha value is -1.91. The van der Waals surface area contributed by atoms with Crippen molar-refractivity contribution >= 4 is 5.95 Å². The number of fused-ring (bicyclic) bond motifs is 3. The lowest BCUT2D eigenvalue weighted by Crippen LogP contribution is -1.99. The van der Waals surface area contributed by atoms with Gasteiger partial charge in [0.25, 0.3) is 0 Å². The van der Waals surface area contributed by atoms with E-state index >= 15 is 0 Å². The Bertz CT molecular complexity index is 543. The molecule has 1 aliphatic carbocycles. The van der Waals surface area contributed by atoms with Crippen LogP contribution in [0.3, 0.4) is 0 Å². The fraction of sp³-hybridized carbons (Fsp3) is 0.364. The van der Waals surface area contributed by atoms with E-state index in [1.54, 1.807) is 0 Å². The first-order valence-electron chi connectivity index (χ1n) is 5.38. The molecule has 5 heteroatoms. The molecule has 0 fully saturated rings. The molecule has 82 valence electrons. The molecule has 0 radical (unpaired) electrons. The van der Waals surface area contributed by atoms with E-state index < -0.39 is 0 Å². The summed E-state index contributed by atoms with van der Waals surface area (Å²) in [6, 6.07) is 0. The molecule has 3 rings (SSSR count). The van der Waals surface area contributed by atoms with Crippen molar-refractivity contribution in [2.24, 2.45) is 7.05 Å². The molecule has 0 amide bonds. The van der Waals surface area contributed by atoms with Crippen LogP contribution in [0.1, 0.15) is 17.7 Å². The number of nitrogens with two attached hydrogens (primary N) is 1. The van der Waals surface area contributed by atoms with Crippen molar-refractivity contribution in [3.05, 3.63) is 23.7 Å². The zero-order chi connectivity index (χ0) is 11.1. The molecule has 2 aromatic heterocycles. The van der Waals surface area contributed by atoms with Crippen molar-refractivity contribution in [1.82, 2.24) is 19.7 Å². The minimum atomic E-state index is 0.329. The Morgan fingerprint density at radius 3 is 3.06 bits per heavy atom. The molecule has 16 heavy (non-hydrogen) atoms. The summed E-state index contributed by atoms with van der Waals surface area (Å²) in [5.74, 6) is 0.329. The predicted octanol–water partition coefficient (Wildman–Crippen LogP) is 0.948. The highest BCUT2D eigenvalue weighted by Crippen LogP contribution is 2.30. The van der Waals surface area contributed by atoms with Crippen LogP contribution in [0.5, 0.6) is 0 Å². The summed E-state index contributed by atoms with van der Waals surface area (Å²) >= 11 is 0. The molecule has 2 aromatic rings. The summed E-state index contributed by atoms with van der Waals surface area (Å²) in [5, 5.41) is 4.28. The molecule has 2 N–H and O–H groups in total. The molecule has 0 atom stereocenters. The molecule has 2 heterocycles. The van der Waals surface area contributed by atoms with Crippen LogP contribution < -0.4 is 5.73 Å². The molecular formula is C11H13N5. The predicted molar refractivity (Wildman–Crippen MR) is 60.7 cm³/mol. The third-order valence-electron chi connectivity index (χ3n) is 3.06. The van der Waals surface area contributed by atoms with Crippen LogP contribution in [0, 0.1) is 0 Å². The number of nitrogen functional groups attached to an aromatic ring is 1. The van der Waals surface area contributed by atoms with Crippen LogP contribution in [0.15, 0.2) is 12.4 Å². The maximum Gasteiger partial charge on any atom is 0.220 e. The Morgan fingerprint density at radius 2 is 2.19 bits per heavy atom. The second-order valence-electron chi connectivity index (χ2n) is 4.08. The lowest BCUT2D eigenvalue weighted by molar-refractivity contribution is 0.686. The van der Waals surface area contributed by atoms with Crippen molar-refractivity contribution in [2.45, 2.75) is 19.3 Å².